The largest absolute Gasteiger partial charge is 0.410 e. The van der Waals surface area contributed by atoms with Gasteiger partial charge in [0.05, 0.1) is 28.2 Å². The van der Waals surface area contributed by atoms with Crippen molar-refractivity contribution < 1.29 is 18.4 Å². The molecule has 1 aromatic carbocycles. The van der Waals surface area contributed by atoms with Gasteiger partial charge in [-0.15, -0.1) is 0 Å². The minimum atomic E-state index is -3.48. The van der Waals surface area contributed by atoms with E-state index in [0.717, 1.165) is 31.9 Å². The van der Waals surface area contributed by atoms with Crippen LogP contribution in [0.2, 0.25) is 5.02 Å². The maximum absolute atomic E-state index is 13.2. The summed E-state index contributed by atoms with van der Waals surface area (Å²) in [5.74, 6) is -0.325. The number of nitrogens with zero attached hydrogens (tertiary/aromatic N) is 4. The van der Waals surface area contributed by atoms with E-state index in [2.05, 4.69) is 20.4 Å². The molecule has 1 heterocycles. The third kappa shape index (κ3) is 5.60. The topological polar surface area (TPSA) is 145 Å². The summed E-state index contributed by atoms with van der Waals surface area (Å²) in [5, 5.41) is 23.3. The number of anilines is 1. The summed E-state index contributed by atoms with van der Waals surface area (Å²) in [4.78, 5) is 21.2. The standard InChI is InChI=1S/C21H22ClN5O4S/c1-32(30,31)19-7-6-14(9-16(19)22)15(8-13-4-2-3-5-13)21(28)26-20-12-24-18(11-25-20)17(10-23)27-29/h6-7,9,11-13,15,29H,2-5,8H2,1H3,(H,25,26,28). The van der Waals surface area contributed by atoms with Crippen LogP contribution in [-0.4, -0.2) is 41.5 Å². The van der Waals surface area contributed by atoms with Gasteiger partial charge >= 0.3 is 0 Å². The average Bonchev–Trinajstić information content (AvgIpc) is 3.26. The van der Waals surface area contributed by atoms with Crippen LogP contribution in [0.1, 0.15) is 49.3 Å². The molecule has 1 saturated carbocycles. The lowest BCUT2D eigenvalue weighted by Gasteiger charge is -2.21. The number of rotatable bonds is 7. The summed E-state index contributed by atoms with van der Waals surface area (Å²) in [6.45, 7) is 0. The van der Waals surface area contributed by atoms with Gasteiger partial charge in [-0.05, 0) is 30.0 Å². The molecule has 168 valence electrons. The number of halogens is 1. The summed E-state index contributed by atoms with van der Waals surface area (Å²) in [5.41, 5.74) is 0.393. The average molecular weight is 476 g/mol. The second-order valence-corrected chi connectivity index (χ2v) is 10.1. The van der Waals surface area contributed by atoms with Gasteiger partial charge in [0.15, 0.2) is 15.7 Å². The normalized spacial score (nSPS) is 15.8. The quantitative estimate of drug-likeness (QED) is 0.353. The highest BCUT2D eigenvalue weighted by atomic mass is 35.5. The molecule has 1 aromatic heterocycles. The van der Waals surface area contributed by atoms with Gasteiger partial charge in [0.1, 0.15) is 11.8 Å². The molecule has 0 saturated heterocycles. The predicted molar refractivity (Wildman–Crippen MR) is 118 cm³/mol. The van der Waals surface area contributed by atoms with Crippen LogP contribution in [0.5, 0.6) is 0 Å². The minimum Gasteiger partial charge on any atom is -0.410 e. The molecule has 1 amide bonds. The first-order valence-electron chi connectivity index (χ1n) is 9.98. The SMILES string of the molecule is CS(=O)(=O)c1ccc(C(CC2CCCC2)C(=O)Nc2cnc(C(C#N)=NO)cn2)cc1Cl. The Morgan fingerprint density at radius 1 is 1.34 bits per heavy atom. The molecule has 3 rings (SSSR count). The van der Waals surface area contributed by atoms with Crippen LogP contribution >= 0.6 is 11.6 Å². The van der Waals surface area contributed by atoms with E-state index in [1.54, 1.807) is 12.1 Å². The number of carbonyl (C=O) groups excluding carboxylic acids is 1. The van der Waals surface area contributed by atoms with E-state index in [1.165, 1.54) is 24.5 Å². The summed E-state index contributed by atoms with van der Waals surface area (Å²) < 4.78 is 23.8. The Balaban J connectivity index is 1.86. The van der Waals surface area contributed by atoms with Crippen LogP contribution in [0.25, 0.3) is 0 Å². The van der Waals surface area contributed by atoms with Crippen molar-refractivity contribution in [1.29, 1.82) is 5.26 Å². The number of hydrogen-bond acceptors (Lipinski definition) is 8. The van der Waals surface area contributed by atoms with Crippen molar-refractivity contribution in [2.45, 2.75) is 42.9 Å². The molecule has 2 N–H and O–H groups in total. The molecule has 0 bridgehead atoms. The van der Waals surface area contributed by atoms with Crippen LogP contribution in [0.3, 0.4) is 0 Å². The van der Waals surface area contributed by atoms with E-state index in [1.807, 2.05) is 0 Å². The molecule has 1 unspecified atom stereocenters. The van der Waals surface area contributed by atoms with Crippen molar-refractivity contribution in [3.8, 4) is 6.07 Å². The number of benzene rings is 1. The van der Waals surface area contributed by atoms with E-state index in [0.29, 0.717) is 17.9 Å². The zero-order valence-electron chi connectivity index (χ0n) is 17.3. The highest BCUT2D eigenvalue weighted by Crippen LogP contribution is 2.36. The van der Waals surface area contributed by atoms with E-state index < -0.39 is 15.8 Å². The fraction of sp³-hybridized carbons (Fsp3) is 0.381. The second-order valence-electron chi connectivity index (χ2n) is 7.74. The lowest BCUT2D eigenvalue weighted by Crippen LogP contribution is -2.24. The predicted octanol–water partition coefficient (Wildman–Crippen LogP) is 3.54. The monoisotopic (exact) mass is 475 g/mol. The van der Waals surface area contributed by atoms with Crippen LogP contribution in [0, 0.1) is 17.2 Å². The van der Waals surface area contributed by atoms with Gasteiger partial charge in [-0.3, -0.25) is 4.79 Å². The van der Waals surface area contributed by atoms with Gasteiger partial charge in [-0.1, -0.05) is 48.5 Å². The van der Waals surface area contributed by atoms with Gasteiger partial charge in [-0.2, -0.15) is 5.26 Å². The summed E-state index contributed by atoms with van der Waals surface area (Å²) in [6, 6.07) is 6.26. The number of hydrogen-bond donors (Lipinski definition) is 2. The Morgan fingerprint density at radius 3 is 2.59 bits per heavy atom. The van der Waals surface area contributed by atoms with Crippen molar-refractivity contribution in [2.75, 3.05) is 11.6 Å². The number of aromatic nitrogens is 2. The van der Waals surface area contributed by atoms with Gasteiger partial charge in [0.25, 0.3) is 0 Å². The Bertz CT molecular complexity index is 1170. The van der Waals surface area contributed by atoms with E-state index >= 15 is 0 Å². The Hall–Kier alpha value is -3.03. The Kier molecular flexibility index (Phi) is 7.43. The molecule has 1 atom stereocenters. The third-order valence-electron chi connectivity index (χ3n) is 5.47. The molecule has 1 aliphatic rings. The minimum absolute atomic E-state index is 0.0169. The van der Waals surface area contributed by atoms with Crippen molar-refractivity contribution in [1.82, 2.24) is 9.97 Å². The number of amides is 1. The lowest BCUT2D eigenvalue weighted by molar-refractivity contribution is -0.118. The van der Waals surface area contributed by atoms with Crippen molar-refractivity contribution >= 4 is 38.9 Å². The summed E-state index contributed by atoms with van der Waals surface area (Å²) in [7, 11) is -3.48. The van der Waals surface area contributed by atoms with Crippen LogP contribution in [0.4, 0.5) is 5.82 Å². The third-order valence-corrected chi connectivity index (χ3v) is 7.05. The zero-order chi connectivity index (χ0) is 23.3. The molecule has 2 aromatic rings. The molecule has 0 aliphatic heterocycles. The molecule has 32 heavy (non-hydrogen) atoms. The van der Waals surface area contributed by atoms with Crippen molar-refractivity contribution in [2.24, 2.45) is 11.1 Å². The van der Waals surface area contributed by atoms with Crippen molar-refractivity contribution in [3.05, 3.63) is 46.9 Å². The van der Waals surface area contributed by atoms with E-state index in [-0.39, 0.29) is 33.0 Å². The maximum Gasteiger partial charge on any atom is 0.233 e. The van der Waals surface area contributed by atoms with Crippen molar-refractivity contribution in [3.63, 3.8) is 0 Å². The van der Waals surface area contributed by atoms with Gasteiger partial charge in [0, 0.05) is 6.26 Å². The molecule has 1 fully saturated rings. The second kappa shape index (κ2) is 10.1. The summed E-state index contributed by atoms with van der Waals surface area (Å²) in [6.07, 6.45) is 8.47. The first-order chi connectivity index (χ1) is 15.2. The lowest BCUT2D eigenvalue weighted by atomic mass is 9.87. The Labute approximate surface area is 191 Å². The number of oxime groups is 1. The summed E-state index contributed by atoms with van der Waals surface area (Å²) >= 11 is 6.22. The fourth-order valence-corrected chi connectivity index (χ4v) is 5.21. The highest BCUT2D eigenvalue weighted by Gasteiger charge is 2.28. The molecular weight excluding hydrogens is 454 g/mol. The maximum atomic E-state index is 13.2. The van der Waals surface area contributed by atoms with Crippen LogP contribution in [-0.2, 0) is 14.6 Å². The van der Waals surface area contributed by atoms with E-state index in [9.17, 15) is 13.2 Å². The first kappa shape index (κ1) is 23.6. The number of nitrogens with one attached hydrogen (secondary N) is 1. The zero-order valence-corrected chi connectivity index (χ0v) is 18.9. The molecule has 9 nitrogen and oxygen atoms in total. The molecule has 0 spiro atoms. The van der Waals surface area contributed by atoms with Crippen LogP contribution in [0.15, 0.2) is 40.6 Å². The van der Waals surface area contributed by atoms with Gasteiger partial charge < -0.3 is 10.5 Å². The molecule has 1 aliphatic carbocycles. The van der Waals surface area contributed by atoms with Crippen LogP contribution < -0.4 is 5.32 Å². The number of sulfone groups is 1. The first-order valence-corrected chi connectivity index (χ1v) is 12.2. The Morgan fingerprint density at radius 2 is 2.06 bits per heavy atom. The fourth-order valence-electron chi connectivity index (χ4n) is 3.87. The smallest absolute Gasteiger partial charge is 0.233 e. The van der Waals surface area contributed by atoms with E-state index in [4.69, 9.17) is 22.1 Å². The highest BCUT2D eigenvalue weighted by molar-refractivity contribution is 7.90. The van der Waals surface area contributed by atoms with Gasteiger partial charge in [-0.25, -0.2) is 18.4 Å². The molecular formula is C21H22ClN5O4S. The number of nitriles is 1. The van der Waals surface area contributed by atoms with Gasteiger partial charge in [0.2, 0.25) is 11.6 Å². The molecule has 11 heteroatoms. The number of carbonyl (C=O) groups is 1. The molecule has 0 radical (unpaired) electrons.